The molecule has 2 aliphatic heterocycles. The van der Waals surface area contributed by atoms with Crippen LogP contribution in [-0.4, -0.2) is 44.8 Å². The summed E-state index contributed by atoms with van der Waals surface area (Å²) in [6, 6.07) is 0.532. The minimum Gasteiger partial charge on any atom is -0.332 e. The van der Waals surface area contributed by atoms with E-state index in [1.54, 1.807) is 0 Å². The predicted molar refractivity (Wildman–Crippen MR) is 114 cm³/mol. The first-order valence-corrected chi connectivity index (χ1v) is 11.6. The molecule has 1 N–H and O–H groups in total. The van der Waals surface area contributed by atoms with Crippen LogP contribution in [0.1, 0.15) is 88.8 Å². The third kappa shape index (κ3) is 4.14. The zero-order valence-corrected chi connectivity index (χ0v) is 18.2. The highest BCUT2D eigenvalue weighted by molar-refractivity contribution is 5.79. The molecule has 4 rings (SSSR count). The molecule has 1 saturated carbocycles. The van der Waals surface area contributed by atoms with Gasteiger partial charge in [0.25, 0.3) is 5.56 Å². The molecule has 0 spiro atoms. The van der Waals surface area contributed by atoms with Crippen LogP contribution in [-0.2, 0) is 17.8 Å². The molecule has 3 aliphatic rings. The molecule has 0 radical (unpaired) electrons. The van der Waals surface area contributed by atoms with Gasteiger partial charge in [0, 0.05) is 38.0 Å². The number of amides is 1. The normalized spacial score (nSPS) is 28.9. The zero-order chi connectivity index (χ0) is 20.5. The first kappa shape index (κ1) is 20.6. The van der Waals surface area contributed by atoms with Crippen LogP contribution in [0, 0.1) is 11.8 Å². The highest BCUT2D eigenvalue weighted by Gasteiger charge is 2.35. The fourth-order valence-corrected chi connectivity index (χ4v) is 5.31. The average molecular weight is 401 g/mol. The molecule has 1 aromatic heterocycles. The Morgan fingerprint density at radius 2 is 1.97 bits per heavy atom. The van der Waals surface area contributed by atoms with Crippen molar-refractivity contribution < 1.29 is 4.79 Å². The van der Waals surface area contributed by atoms with E-state index in [-0.39, 0.29) is 23.4 Å². The van der Waals surface area contributed by atoms with Crippen LogP contribution in [0.3, 0.4) is 0 Å². The first-order valence-electron chi connectivity index (χ1n) is 11.6. The Morgan fingerprint density at radius 3 is 2.69 bits per heavy atom. The molecule has 160 valence electrons. The molecule has 2 fully saturated rings. The Bertz CT molecular complexity index is 797. The third-order valence-corrected chi connectivity index (χ3v) is 7.50. The van der Waals surface area contributed by atoms with Crippen LogP contribution in [0.25, 0.3) is 0 Å². The standard InChI is InChI=1S/C23H36N4O2/c1-4-16(3)23(29)27-12-5-6-20(27)21-24-19-11-13-26(14-18(19)22(28)25-21)17-9-7-15(2)8-10-17/h15-17,20H,4-14H2,1-3H3,(H,24,25,28)/t15?,16-,17?,20-/m0/s1. The predicted octanol–water partition coefficient (Wildman–Crippen LogP) is 3.42. The highest BCUT2D eigenvalue weighted by Crippen LogP contribution is 2.33. The number of nitrogens with one attached hydrogen (secondary N) is 1. The number of carbonyl (C=O) groups excluding carboxylic acids is 1. The SMILES string of the molecule is CC[C@H](C)C(=O)N1CCC[C@H]1c1nc2c(c(=O)[nH]1)CN(C1CCC(C)CC1)CC2. The van der Waals surface area contributed by atoms with E-state index in [1.165, 1.54) is 25.7 Å². The number of H-pyrrole nitrogens is 1. The van der Waals surface area contributed by atoms with Gasteiger partial charge in [0.1, 0.15) is 5.82 Å². The van der Waals surface area contributed by atoms with Gasteiger partial charge in [0.2, 0.25) is 5.91 Å². The maximum Gasteiger partial charge on any atom is 0.255 e. The van der Waals surface area contributed by atoms with Crippen LogP contribution in [0.4, 0.5) is 0 Å². The fourth-order valence-electron chi connectivity index (χ4n) is 5.31. The molecule has 3 heterocycles. The van der Waals surface area contributed by atoms with Crippen molar-refractivity contribution in [3.63, 3.8) is 0 Å². The lowest BCUT2D eigenvalue weighted by Gasteiger charge is -2.38. The van der Waals surface area contributed by atoms with Gasteiger partial charge in [-0.05, 0) is 50.9 Å². The Hall–Kier alpha value is -1.69. The Labute approximate surface area is 174 Å². The highest BCUT2D eigenvalue weighted by atomic mass is 16.2. The molecule has 1 aliphatic carbocycles. The quantitative estimate of drug-likeness (QED) is 0.841. The summed E-state index contributed by atoms with van der Waals surface area (Å²) in [5.41, 5.74) is 1.80. The number of hydrogen-bond donors (Lipinski definition) is 1. The zero-order valence-electron chi connectivity index (χ0n) is 18.2. The van der Waals surface area contributed by atoms with Gasteiger partial charge in [-0.25, -0.2) is 4.98 Å². The number of hydrogen-bond acceptors (Lipinski definition) is 4. The molecule has 1 saturated heterocycles. The van der Waals surface area contributed by atoms with Crippen LogP contribution >= 0.6 is 0 Å². The topological polar surface area (TPSA) is 69.3 Å². The molecule has 29 heavy (non-hydrogen) atoms. The van der Waals surface area contributed by atoms with Crippen molar-refractivity contribution >= 4 is 5.91 Å². The number of rotatable bonds is 4. The number of nitrogens with zero attached hydrogens (tertiary/aromatic N) is 3. The van der Waals surface area contributed by atoms with E-state index in [4.69, 9.17) is 4.98 Å². The maximum atomic E-state index is 13.0. The minimum absolute atomic E-state index is 0.00159. The van der Waals surface area contributed by atoms with E-state index < -0.39 is 0 Å². The Morgan fingerprint density at radius 1 is 1.21 bits per heavy atom. The van der Waals surface area contributed by atoms with Crippen molar-refractivity contribution in [1.82, 2.24) is 19.8 Å². The minimum atomic E-state index is -0.0765. The molecule has 6 heteroatoms. The lowest BCUT2D eigenvalue weighted by Crippen LogP contribution is -2.44. The lowest BCUT2D eigenvalue weighted by molar-refractivity contribution is -0.136. The van der Waals surface area contributed by atoms with E-state index >= 15 is 0 Å². The molecule has 1 aromatic rings. The van der Waals surface area contributed by atoms with E-state index in [0.29, 0.717) is 11.9 Å². The summed E-state index contributed by atoms with van der Waals surface area (Å²) < 4.78 is 0. The van der Waals surface area contributed by atoms with Crippen molar-refractivity contribution in [2.24, 2.45) is 11.8 Å². The van der Waals surface area contributed by atoms with Gasteiger partial charge in [-0.15, -0.1) is 0 Å². The largest absolute Gasteiger partial charge is 0.332 e. The third-order valence-electron chi connectivity index (χ3n) is 7.50. The van der Waals surface area contributed by atoms with Crippen LogP contribution < -0.4 is 5.56 Å². The summed E-state index contributed by atoms with van der Waals surface area (Å²) in [6.45, 7) is 8.85. The van der Waals surface area contributed by atoms with Crippen molar-refractivity contribution in [2.75, 3.05) is 13.1 Å². The number of likely N-dealkylation sites (tertiary alicyclic amines) is 1. The number of fused-ring (bicyclic) bond motifs is 1. The van der Waals surface area contributed by atoms with Gasteiger partial charge < -0.3 is 9.88 Å². The number of aromatic amines is 1. The molecule has 0 unspecified atom stereocenters. The molecule has 0 bridgehead atoms. The van der Waals surface area contributed by atoms with E-state index in [1.807, 2.05) is 18.7 Å². The lowest BCUT2D eigenvalue weighted by atomic mass is 9.86. The average Bonchev–Trinajstić information content (AvgIpc) is 3.23. The van der Waals surface area contributed by atoms with Crippen LogP contribution in [0.15, 0.2) is 4.79 Å². The van der Waals surface area contributed by atoms with Gasteiger partial charge in [0.15, 0.2) is 0 Å². The van der Waals surface area contributed by atoms with E-state index in [2.05, 4.69) is 16.8 Å². The van der Waals surface area contributed by atoms with Crippen molar-refractivity contribution in [2.45, 2.75) is 90.8 Å². The second kappa shape index (κ2) is 8.58. The number of carbonyl (C=O) groups is 1. The van der Waals surface area contributed by atoms with Crippen LogP contribution in [0.5, 0.6) is 0 Å². The second-order valence-electron chi connectivity index (χ2n) is 9.51. The summed E-state index contributed by atoms with van der Waals surface area (Å²) >= 11 is 0. The van der Waals surface area contributed by atoms with Crippen molar-refractivity contribution in [3.05, 3.63) is 27.4 Å². The Kier molecular flexibility index (Phi) is 6.09. The summed E-state index contributed by atoms with van der Waals surface area (Å²) in [6.07, 6.45) is 8.62. The molecule has 1 amide bonds. The molecule has 0 aromatic carbocycles. The Balaban J connectivity index is 1.52. The summed E-state index contributed by atoms with van der Waals surface area (Å²) in [7, 11) is 0. The van der Waals surface area contributed by atoms with Crippen LogP contribution in [0.2, 0.25) is 0 Å². The smallest absolute Gasteiger partial charge is 0.255 e. The van der Waals surface area contributed by atoms with Gasteiger partial charge in [-0.2, -0.15) is 0 Å². The van der Waals surface area contributed by atoms with Gasteiger partial charge in [-0.3, -0.25) is 14.5 Å². The van der Waals surface area contributed by atoms with Crippen molar-refractivity contribution in [3.8, 4) is 0 Å². The summed E-state index contributed by atoms with van der Waals surface area (Å²) in [5.74, 6) is 1.74. The summed E-state index contributed by atoms with van der Waals surface area (Å²) in [4.78, 5) is 38.1. The van der Waals surface area contributed by atoms with Crippen molar-refractivity contribution in [1.29, 1.82) is 0 Å². The van der Waals surface area contributed by atoms with Gasteiger partial charge >= 0.3 is 0 Å². The molecular formula is C23H36N4O2. The monoisotopic (exact) mass is 400 g/mol. The number of aromatic nitrogens is 2. The van der Waals surface area contributed by atoms with E-state index in [0.717, 1.165) is 62.5 Å². The molecule has 2 atom stereocenters. The second-order valence-corrected chi connectivity index (χ2v) is 9.51. The van der Waals surface area contributed by atoms with Gasteiger partial charge in [0.05, 0.1) is 17.3 Å². The molecular weight excluding hydrogens is 364 g/mol. The molecule has 6 nitrogen and oxygen atoms in total. The summed E-state index contributed by atoms with van der Waals surface area (Å²) in [5, 5.41) is 0. The maximum absolute atomic E-state index is 13.0. The van der Waals surface area contributed by atoms with Gasteiger partial charge in [-0.1, -0.05) is 20.8 Å². The first-order chi connectivity index (χ1) is 14.0. The van der Waals surface area contributed by atoms with E-state index in [9.17, 15) is 9.59 Å². The fraction of sp³-hybridized carbons (Fsp3) is 0.783.